The highest BCUT2D eigenvalue weighted by molar-refractivity contribution is 9.10. The molecule has 0 aromatic heterocycles. The molecule has 2 nitrogen and oxygen atoms in total. The molecule has 0 heterocycles. The minimum Gasteiger partial charge on any atom is -0.496 e. The third kappa shape index (κ3) is 4.28. The summed E-state index contributed by atoms with van der Waals surface area (Å²) >= 11 is 19.1. The van der Waals surface area contributed by atoms with Crippen LogP contribution in [-0.4, -0.2) is 7.11 Å². The first-order valence-electron chi connectivity index (χ1n) is 6.04. The molecule has 6 heteroatoms. The summed E-state index contributed by atoms with van der Waals surface area (Å²) in [7, 11) is 1.63. The second-order valence-corrected chi connectivity index (χ2v) is 6.57. The van der Waals surface area contributed by atoms with Gasteiger partial charge in [-0.15, -0.1) is 0 Å². The third-order valence-corrected chi connectivity index (χ3v) is 4.44. The van der Waals surface area contributed by atoms with Crippen LogP contribution in [0.25, 0.3) is 0 Å². The molecule has 0 unspecified atom stereocenters. The summed E-state index contributed by atoms with van der Waals surface area (Å²) in [6.07, 6.45) is 0. The van der Waals surface area contributed by atoms with Crippen molar-refractivity contribution in [3.63, 3.8) is 0 Å². The van der Waals surface area contributed by atoms with E-state index >= 15 is 0 Å². The lowest BCUT2D eigenvalue weighted by atomic mass is 10.2. The predicted molar refractivity (Wildman–Crippen MR) is 94.1 cm³/mol. The number of rotatable bonds is 5. The van der Waals surface area contributed by atoms with E-state index in [1.165, 1.54) is 0 Å². The fraction of sp³-hybridized carbons (Fsp3) is 0.200. The topological polar surface area (TPSA) is 18.5 Å². The molecule has 0 N–H and O–H groups in total. The first-order valence-corrected chi connectivity index (χ1v) is 8.71. The molecule has 0 fully saturated rings. The Morgan fingerprint density at radius 3 is 2.52 bits per heavy atom. The van der Waals surface area contributed by atoms with Crippen molar-refractivity contribution in [2.24, 2.45) is 0 Å². The van der Waals surface area contributed by atoms with Crippen LogP contribution in [0.4, 0.5) is 0 Å². The number of halogens is 4. The van der Waals surface area contributed by atoms with Crippen molar-refractivity contribution >= 4 is 55.1 Å². The molecule has 0 amide bonds. The maximum absolute atomic E-state index is 6.21. The zero-order chi connectivity index (χ0) is 15.4. The first-order chi connectivity index (χ1) is 10.0. The second kappa shape index (κ2) is 7.73. The van der Waals surface area contributed by atoms with E-state index in [4.69, 9.17) is 32.7 Å². The molecule has 21 heavy (non-hydrogen) atoms. The summed E-state index contributed by atoms with van der Waals surface area (Å²) in [5, 5.41) is 1.69. The van der Waals surface area contributed by atoms with E-state index in [0.717, 1.165) is 21.3 Å². The Hall–Kier alpha value is -0.420. The fourth-order valence-corrected chi connectivity index (χ4v) is 3.30. The van der Waals surface area contributed by atoms with Crippen LogP contribution in [0.2, 0.25) is 10.0 Å². The molecule has 0 aliphatic rings. The number of hydrogen-bond acceptors (Lipinski definition) is 2. The Balaban J connectivity index is 2.26. The van der Waals surface area contributed by atoms with Gasteiger partial charge in [-0.05, 0) is 30.3 Å². The molecule has 112 valence electrons. The Bertz CT molecular complexity index is 648. The number of ether oxygens (including phenoxy) is 2. The van der Waals surface area contributed by atoms with E-state index in [1.54, 1.807) is 13.2 Å². The molecule has 0 radical (unpaired) electrons. The highest BCUT2D eigenvalue weighted by Crippen LogP contribution is 2.35. The van der Waals surface area contributed by atoms with Gasteiger partial charge in [0.1, 0.15) is 18.1 Å². The van der Waals surface area contributed by atoms with Crippen molar-refractivity contribution in [3.8, 4) is 11.5 Å². The van der Waals surface area contributed by atoms with E-state index in [0.29, 0.717) is 27.7 Å². The van der Waals surface area contributed by atoms with Gasteiger partial charge in [-0.1, -0.05) is 55.1 Å². The highest BCUT2D eigenvalue weighted by atomic mass is 79.9. The molecule has 0 atom stereocenters. The van der Waals surface area contributed by atoms with Gasteiger partial charge in [0.25, 0.3) is 0 Å². The van der Waals surface area contributed by atoms with Gasteiger partial charge in [0.2, 0.25) is 0 Å². The van der Waals surface area contributed by atoms with Crippen LogP contribution in [-0.2, 0) is 11.9 Å². The van der Waals surface area contributed by atoms with Gasteiger partial charge in [0.15, 0.2) is 0 Å². The van der Waals surface area contributed by atoms with Crippen LogP contribution in [0.15, 0.2) is 34.8 Å². The number of hydrogen-bond donors (Lipinski definition) is 0. The van der Waals surface area contributed by atoms with E-state index in [2.05, 4.69) is 31.9 Å². The van der Waals surface area contributed by atoms with Gasteiger partial charge in [-0.3, -0.25) is 0 Å². The van der Waals surface area contributed by atoms with E-state index in [1.807, 2.05) is 24.3 Å². The molecule has 0 saturated heterocycles. The molecule has 2 aromatic rings. The maximum atomic E-state index is 6.21. The van der Waals surface area contributed by atoms with Crippen LogP contribution in [0.5, 0.6) is 11.5 Å². The molecular formula is C15H12Br2Cl2O2. The molecular weight excluding hydrogens is 443 g/mol. The molecule has 0 aliphatic carbocycles. The minimum atomic E-state index is 0.351. The van der Waals surface area contributed by atoms with Gasteiger partial charge >= 0.3 is 0 Å². The normalized spacial score (nSPS) is 10.5. The summed E-state index contributed by atoms with van der Waals surface area (Å²) in [5.74, 6) is 1.39. The third-order valence-electron chi connectivity index (χ3n) is 2.84. The molecule has 2 aromatic carbocycles. The molecule has 0 spiro atoms. The van der Waals surface area contributed by atoms with Gasteiger partial charge in [0.05, 0.1) is 12.1 Å². The van der Waals surface area contributed by atoms with Crippen molar-refractivity contribution in [1.29, 1.82) is 0 Å². The van der Waals surface area contributed by atoms with Gasteiger partial charge in [-0.25, -0.2) is 0 Å². The summed E-state index contributed by atoms with van der Waals surface area (Å²) in [4.78, 5) is 0. The zero-order valence-corrected chi connectivity index (χ0v) is 15.8. The van der Waals surface area contributed by atoms with Gasteiger partial charge in [0, 0.05) is 26.0 Å². The van der Waals surface area contributed by atoms with Crippen molar-refractivity contribution in [2.75, 3.05) is 7.11 Å². The van der Waals surface area contributed by atoms with Crippen molar-refractivity contribution in [3.05, 3.63) is 56.0 Å². The fourth-order valence-electron chi connectivity index (χ4n) is 1.88. The monoisotopic (exact) mass is 452 g/mol. The van der Waals surface area contributed by atoms with Crippen LogP contribution in [0, 0.1) is 0 Å². The summed E-state index contributed by atoms with van der Waals surface area (Å²) < 4.78 is 12.2. The summed E-state index contributed by atoms with van der Waals surface area (Å²) in [6, 6.07) is 9.26. The van der Waals surface area contributed by atoms with Crippen molar-refractivity contribution in [1.82, 2.24) is 0 Å². The number of methoxy groups -OCH3 is 1. The van der Waals surface area contributed by atoms with Gasteiger partial charge in [-0.2, -0.15) is 0 Å². The van der Waals surface area contributed by atoms with Crippen molar-refractivity contribution in [2.45, 2.75) is 11.9 Å². The molecule has 2 rings (SSSR count). The zero-order valence-electron chi connectivity index (χ0n) is 11.1. The summed E-state index contributed by atoms with van der Waals surface area (Å²) in [6.45, 7) is 0.351. The molecule has 0 bridgehead atoms. The largest absolute Gasteiger partial charge is 0.496 e. The lowest BCUT2D eigenvalue weighted by molar-refractivity contribution is 0.295. The second-order valence-electron chi connectivity index (χ2n) is 4.25. The Labute approximate surface area is 150 Å². The average molecular weight is 455 g/mol. The maximum Gasteiger partial charge on any atom is 0.142 e. The van der Waals surface area contributed by atoms with Crippen LogP contribution in [0.3, 0.4) is 0 Å². The minimum absolute atomic E-state index is 0.351. The Morgan fingerprint density at radius 2 is 1.86 bits per heavy atom. The number of alkyl halides is 1. The molecule has 0 saturated carbocycles. The van der Waals surface area contributed by atoms with Crippen molar-refractivity contribution < 1.29 is 9.47 Å². The lowest BCUT2D eigenvalue weighted by Crippen LogP contribution is -2.01. The standard InChI is InChI=1S/C15H12Br2Cl2O2/c1-20-14-3-2-11(17)4-10(14)8-21-15-9(7-16)5-12(18)6-13(15)19/h2-6H,7-8H2,1H3. The smallest absolute Gasteiger partial charge is 0.142 e. The van der Waals surface area contributed by atoms with E-state index in [9.17, 15) is 0 Å². The Morgan fingerprint density at radius 1 is 1.10 bits per heavy atom. The number of benzene rings is 2. The Kier molecular flexibility index (Phi) is 6.23. The summed E-state index contributed by atoms with van der Waals surface area (Å²) in [5.41, 5.74) is 1.83. The van der Waals surface area contributed by atoms with Crippen LogP contribution >= 0.6 is 55.1 Å². The average Bonchev–Trinajstić information content (AvgIpc) is 2.45. The lowest BCUT2D eigenvalue weighted by Gasteiger charge is -2.14. The van der Waals surface area contributed by atoms with Crippen LogP contribution < -0.4 is 9.47 Å². The van der Waals surface area contributed by atoms with Gasteiger partial charge < -0.3 is 9.47 Å². The predicted octanol–water partition coefficient (Wildman–Crippen LogP) is 6.24. The quantitative estimate of drug-likeness (QED) is 0.498. The SMILES string of the molecule is COc1ccc(Br)cc1COc1c(Cl)cc(Cl)cc1CBr. The van der Waals surface area contributed by atoms with Crippen LogP contribution in [0.1, 0.15) is 11.1 Å². The van der Waals surface area contributed by atoms with E-state index < -0.39 is 0 Å². The highest BCUT2D eigenvalue weighted by Gasteiger charge is 2.12. The van der Waals surface area contributed by atoms with E-state index in [-0.39, 0.29) is 0 Å². The molecule has 0 aliphatic heterocycles. The first kappa shape index (κ1) is 16.9.